The second-order valence-electron chi connectivity index (χ2n) is 3.86. The second kappa shape index (κ2) is 5.14. The van der Waals surface area contributed by atoms with Crippen LogP contribution in [0.3, 0.4) is 0 Å². The number of carbonyl (C=O) groups is 1. The van der Waals surface area contributed by atoms with E-state index in [1.807, 2.05) is 19.0 Å². The third-order valence-electron chi connectivity index (χ3n) is 1.98. The van der Waals surface area contributed by atoms with Crippen molar-refractivity contribution < 1.29 is 9.90 Å². The van der Waals surface area contributed by atoms with Crippen molar-refractivity contribution in [3.05, 3.63) is 0 Å². The van der Waals surface area contributed by atoms with E-state index in [9.17, 15) is 4.79 Å². The van der Waals surface area contributed by atoms with Gasteiger partial charge in [0.2, 0.25) is 0 Å². The number of hydrogen-bond acceptors (Lipinski definition) is 2. The standard InChI is InChI=1S/C9H19NO2/c1-7(2)8(5-9(11)12)6-10(3)4/h7-8H,5-6H2,1-4H3,(H,11,12). The fourth-order valence-corrected chi connectivity index (χ4v) is 1.20. The van der Waals surface area contributed by atoms with E-state index in [-0.39, 0.29) is 12.3 Å². The largest absolute Gasteiger partial charge is 0.481 e. The van der Waals surface area contributed by atoms with Gasteiger partial charge in [-0.05, 0) is 25.9 Å². The van der Waals surface area contributed by atoms with Crippen LogP contribution in [-0.4, -0.2) is 36.6 Å². The normalized spacial score (nSPS) is 13.8. The predicted octanol–water partition coefficient (Wildman–Crippen LogP) is 1.29. The fraction of sp³-hybridized carbons (Fsp3) is 0.889. The molecule has 3 heteroatoms. The average molecular weight is 173 g/mol. The molecule has 0 amide bonds. The topological polar surface area (TPSA) is 40.5 Å². The predicted molar refractivity (Wildman–Crippen MR) is 49.1 cm³/mol. The van der Waals surface area contributed by atoms with Crippen LogP contribution in [0.1, 0.15) is 20.3 Å². The molecule has 0 aromatic carbocycles. The molecule has 0 fully saturated rings. The number of aliphatic carboxylic acids is 1. The lowest BCUT2D eigenvalue weighted by molar-refractivity contribution is -0.138. The Labute approximate surface area is 74.4 Å². The maximum absolute atomic E-state index is 10.5. The molecule has 0 radical (unpaired) electrons. The van der Waals surface area contributed by atoms with Crippen LogP contribution in [0.15, 0.2) is 0 Å². The zero-order valence-corrected chi connectivity index (χ0v) is 8.37. The van der Waals surface area contributed by atoms with E-state index in [4.69, 9.17) is 5.11 Å². The molecule has 0 saturated carbocycles. The lowest BCUT2D eigenvalue weighted by Crippen LogP contribution is -2.27. The van der Waals surface area contributed by atoms with E-state index in [0.717, 1.165) is 6.54 Å². The van der Waals surface area contributed by atoms with Gasteiger partial charge in [-0.3, -0.25) is 4.79 Å². The second-order valence-corrected chi connectivity index (χ2v) is 3.86. The summed E-state index contributed by atoms with van der Waals surface area (Å²) in [6.07, 6.45) is 0.274. The summed E-state index contributed by atoms with van der Waals surface area (Å²) in [5.41, 5.74) is 0. The quantitative estimate of drug-likeness (QED) is 0.681. The van der Waals surface area contributed by atoms with Crippen LogP contribution < -0.4 is 0 Å². The zero-order chi connectivity index (χ0) is 9.72. The van der Waals surface area contributed by atoms with Gasteiger partial charge >= 0.3 is 5.97 Å². The molecule has 0 rings (SSSR count). The summed E-state index contributed by atoms with van der Waals surface area (Å²) < 4.78 is 0. The van der Waals surface area contributed by atoms with Crippen LogP contribution in [-0.2, 0) is 4.79 Å². The summed E-state index contributed by atoms with van der Waals surface area (Å²) >= 11 is 0. The van der Waals surface area contributed by atoms with Crippen LogP contribution in [0.2, 0.25) is 0 Å². The van der Waals surface area contributed by atoms with Crippen LogP contribution in [0.4, 0.5) is 0 Å². The van der Waals surface area contributed by atoms with E-state index in [1.54, 1.807) is 0 Å². The summed E-state index contributed by atoms with van der Waals surface area (Å²) in [5, 5.41) is 8.63. The monoisotopic (exact) mass is 173 g/mol. The summed E-state index contributed by atoms with van der Waals surface area (Å²) in [6.45, 7) is 4.98. The Balaban J connectivity index is 3.95. The van der Waals surface area contributed by atoms with Crippen molar-refractivity contribution in [3.8, 4) is 0 Å². The molecule has 0 saturated heterocycles. The Morgan fingerprint density at radius 1 is 1.42 bits per heavy atom. The third-order valence-corrected chi connectivity index (χ3v) is 1.98. The van der Waals surface area contributed by atoms with Crippen molar-refractivity contribution in [2.75, 3.05) is 20.6 Å². The molecule has 0 aliphatic carbocycles. The van der Waals surface area contributed by atoms with E-state index in [2.05, 4.69) is 13.8 Å². The molecular weight excluding hydrogens is 154 g/mol. The highest BCUT2D eigenvalue weighted by molar-refractivity contribution is 5.67. The molecule has 0 aliphatic heterocycles. The Bertz CT molecular complexity index is 143. The number of nitrogens with zero attached hydrogens (tertiary/aromatic N) is 1. The van der Waals surface area contributed by atoms with Crippen molar-refractivity contribution >= 4 is 5.97 Å². The highest BCUT2D eigenvalue weighted by Gasteiger charge is 2.17. The Kier molecular flexibility index (Phi) is 4.90. The molecule has 12 heavy (non-hydrogen) atoms. The molecule has 0 aromatic rings. The Morgan fingerprint density at radius 3 is 2.17 bits per heavy atom. The van der Waals surface area contributed by atoms with Gasteiger partial charge in [-0.15, -0.1) is 0 Å². The van der Waals surface area contributed by atoms with Crippen LogP contribution in [0.25, 0.3) is 0 Å². The van der Waals surface area contributed by atoms with Crippen molar-refractivity contribution in [2.24, 2.45) is 11.8 Å². The van der Waals surface area contributed by atoms with Gasteiger partial charge in [0.15, 0.2) is 0 Å². The number of hydrogen-bond donors (Lipinski definition) is 1. The number of carboxylic acid groups (broad SMARTS) is 1. The third kappa shape index (κ3) is 5.13. The minimum atomic E-state index is -0.699. The van der Waals surface area contributed by atoms with Crippen molar-refractivity contribution in [1.82, 2.24) is 4.90 Å². The molecule has 3 nitrogen and oxygen atoms in total. The van der Waals surface area contributed by atoms with Crippen LogP contribution in [0.5, 0.6) is 0 Å². The SMILES string of the molecule is CC(C)C(CC(=O)O)CN(C)C. The lowest BCUT2D eigenvalue weighted by atomic mass is 9.92. The van der Waals surface area contributed by atoms with E-state index in [0.29, 0.717) is 5.92 Å². The Morgan fingerprint density at radius 2 is 1.92 bits per heavy atom. The van der Waals surface area contributed by atoms with Gasteiger partial charge in [0.05, 0.1) is 0 Å². The summed E-state index contributed by atoms with van der Waals surface area (Å²) in [4.78, 5) is 12.5. The first-order chi connectivity index (χ1) is 5.43. The molecule has 1 N–H and O–H groups in total. The van der Waals surface area contributed by atoms with Gasteiger partial charge in [-0.25, -0.2) is 0 Å². The number of carboxylic acids is 1. The lowest BCUT2D eigenvalue weighted by Gasteiger charge is -2.22. The first-order valence-corrected chi connectivity index (χ1v) is 4.30. The minimum Gasteiger partial charge on any atom is -0.481 e. The highest BCUT2D eigenvalue weighted by Crippen LogP contribution is 2.15. The first kappa shape index (κ1) is 11.4. The van der Waals surface area contributed by atoms with Gasteiger partial charge in [-0.1, -0.05) is 13.8 Å². The van der Waals surface area contributed by atoms with Crippen molar-refractivity contribution in [1.29, 1.82) is 0 Å². The Hall–Kier alpha value is -0.570. The molecular formula is C9H19NO2. The maximum atomic E-state index is 10.5. The maximum Gasteiger partial charge on any atom is 0.303 e. The molecule has 0 heterocycles. The van der Waals surface area contributed by atoms with Gasteiger partial charge in [0.25, 0.3) is 0 Å². The van der Waals surface area contributed by atoms with Gasteiger partial charge in [0.1, 0.15) is 0 Å². The van der Waals surface area contributed by atoms with Crippen molar-refractivity contribution in [2.45, 2.75) is 20.3 Å². The average Bonchev–Trinajstić information content (AvgIpc) is 1.83. The summed E-state index contributed by atoms with van der Waals surface area (Å²) in [7, 11) is 3.94. The molecule has 0 aliphatic rings. The molecule has 0 spiro atoms. The summed E-state index contributed by atoms with van der Waals surface area (Å²) in [6, 6.07) is 0. The van der Waals surface area contributed by atoms with Gasteiger partial charge in [-0.2, -0.15) is 0 Å². The van der Waals surface area contributed by atoms with Gasteiger partial charge < -0.3 is 10.0 Å². The van der Waals surface area contributed by atoms with E-state index in [1.165, 1.54) is 0 Å². The molecule has 1 unspecified atom stereocenters. The molecule has 1 atom stereocenters. The van der Waals surface area contributed by atoms with Gasteiger partial charge in [0, 0.05) is 13.0 Å². The number of rotatable bonds is 5. The molecule has 0 aromatic heterocycles. The minimum absolute atomic E-state index is 0.262. The smallest absolute Gasteiger partial charge is 0.303 e. The van der Waals surface area contributed by atoms with Crippen LogP contribution >= 0.6 is 0 Å². The summed E-state index contributed by atoms with van der Waals surface area (Å²) in [5.74, 6) is -0.00319. The van der Waals surface area contributed by atoms with E-state index < -0.39 is 5.97 Å². The van der Waals surface area contributed by atoms with Crippen LogP contribution in [0, 0.1) is 11.8 Å². The fourth-order valence-electron chi connectivity index (χ4n) is 1.20. The highest BCUT2D eigenvalue weighted by atomic mass is 16.4. The molecule has 0 bridgehead atoms. The molecule has 72 valence electrons. The first-order valence-electron chi connectivity index (χ1n) is 4.30. The zero-order valence-electron chi connectivity index (χ0n) is 8.37. The van der Waals surface area contributed by atoms with E-state index >= 15 is 0 Å². The van der Waals surface area contributed by atoms with Crippen molar-refractivity contribution in [3.63, 3.8) is 0 Å².